The molecule has 0 unspecified atom stereocenters. The number of benzene rings is 2. The predicted molar refractivity (Wildman–Crippen MR) is 79.6 cm³/mol. The standard InChI is InChI=1S/C16H17FN2O2/c1-11-2-7-15(17)12(8-11)9-19-13-3-5-14(6-4-13)21-10-16(18)20/h2-8,19H,9-10H2,1H3,(H2,18,20). The Hall–Kier alpha value is -2.56. The molecule has 0 radical (unpaired) electrons. The summed E-state index contributed by atoms with van der Waals surface area (Å²) in [4.78, 5) is 10.6. The number of ether oxygens (including phenoxy) is 1. The van der Waals surface area contributed by atoms with E-state index in [1.807, 2.05) is 13.0 Å². The monoisotopic (exact) mass is 288 g/mol. The lowest BCUT2D eigenvalue weighted by Gasteiger charge is -2.09. The molecule has 0 aliphatic heterocycles. The molecule has 21 heavy (non-hydrogen) atoms. The van der Waals surface area contributed by atoms with E-state index in [0.29, 0.717) is 17.9 Å². The van der Waals surface area contributed by atoms with Crippen molar-refractivity contribution in [3.63, 3.8) is 0 Å². The van der Waals surface area contributed by atoms with E-state index >= 15 is 0 Å². The molecule has 0 heterocycles. The van der Waals surface area contributed by atoms with E-state index in [1.54, 1.807) is 30.3 Å². The SMILES string of the molecule is Cc1ccc(F)c(CNc2ccc(OCC(N)=O)cc2)c1. The summed E-state index contributed by atoms with van der Waals surface area (Å²) in [7, 11) is 0. The summed E-state index contributed by atoms with van der Waals surface area (Å²) >= 11 is 0. The summed E-state index contributed by atoms with van der Waals surface area (Å²) in [6, 6.07) is 12.0. The minimum absolute atomic E-state index is 0.152. The molecule has 2 aromatic rings. The van der Waals surface area contributed by atoms with Crippen molar-refractivity contribution in [2.24, 2.45) is 5.73 Å². The lowest BCUT2D eigenvalue weighted by Crippen LogP contribution is -2.19. The second kappa shape index (κ2) is 6.74. The highest BCUT2D eigenvalue weighted by atomic mass is 19.1. The number of hydrogen-bond donors (Lipinski definition) is 2. The zero-order valence-electron chi connectivity index (χ0n) is 11.7. The van der Waals surface area contributed by atoms with Gasteiger partial charge in [0.1, 0.15) is 11.6 Å². The van der Waals surface area contributed by atoms with Crippen molar-refractivity contribution in [1.29, 1.82) is 0 Å². The van der Waals surface area contributed by atoms with Gasteiger partial charge in [0.05, 0.1) is 0 Å². The maximum Gasteiger partial charge on any atom is 0.255 e. The van der Waals surface area contributed by atoms with Crippen LogP contribution < -0.4 is 15.8 Å². The molecule has 0 fully saturated rings. The van der Waals surface area contributed by atoms with Crippen LogP contribution in [0.3, 0.4) is 0 Å². The average molecular weight is 288 g/mol. The smallest absolute Gasteiger partial charge is 0.255 e. The molecule has 1 amide bonds. The highest BCUT2D eigenvalue weighted by Gasteiger charge is 2.03. The van der Waals surface area contributed by atoms with E-state index in [2.05, 4.69) is 5.32 Å². The first kappa shape index (κ1) is 14.8. The van der Waals surface area contributed by atoms with Crippen molar-refractivity contribution in [2.75, 3.05) is 11.9 Å². The number of hydrogen-bond acceptors (Lipinski definition) is 3. The number of anilines is 1. The van der Waals surface area contributed by atoms with Crippen molar-refractivity contribution >= 4 is 11.6 Å². The van der Waals surface area contributed by atoms with Gasteiger partial charge in [0.2, 0.25) is 0 Å². The fourth-order valence-corrected chi connectivity index (χ4v) is 1.86. The van der Waals surface area contributed by atoms with E-state index < -0.39 is 5.91 Å². The Morgan fingerprint density at radius 3 is 2.62 bits per heavy atom. The molecule has 0 aromatic heterocycles. The van der Waals surface area contributed by atoms with Gasteiger partial charge in [-0.2, -0.15) is 0 Å². The van der Waals surface area contributed by atoms with Crippen molar-refractivity contribution in [3.05, 3.63) is 59.4 Å². The topological polar surface area (TPSA) is 64.3 Å². The Bertz CT molecular complexity index is 627. The maximum atomic E-state index is 13.6. The van der Waals surface area contributed by atoms with Gasteiger partial charge in [0.15, 0.2) is 6.61 Å². The van der Waals surface area contributed by atoms with Gasteiger partial charge in [-0.05, 0) is 37.3 Å². The zero-order chi connectivity index (χ0) is 15.2. The van der Waals surface area contributed by atoms with Crippen LogP contribution in [0.15, 0.2) is 42.5 Å². The Morgan fingerprint density at radius 1 is 1.24 bits per heavy atom. The molecule has 0 saturated carbocycles. The highest BCUT2D eigenvalue weighted by molar-refractivity contribution is 5.75. The molecular formula is C16H17FN2O2. The van der Waals surface area contributed by atoms with Crippen LogP contribution in [0.25, 0.3) is 0 Å². The zero-order valence-corrected chi connectivity index (χ0v) is 11.7. The number of primary amides is 1. The second-order valence-electron chi connectivity index (χ2n) is 4.73. The van der Waals surface area contributed by atoms with Crippen LogP contribution in [0.5, 0.6) is 5.75 Å². The maximum absolute atomic E-state index is 13.6. The van der Waals surface area contributed by atoms with Crippen LogP contribution in [0.2, 0.25) is 0 Å². The van der Waals surface area contributed by atoms with E-state index in [1.165, 1.54) is 6.07 Å². The van der Waals surface area contributed by atoms with Crippen molar-refractivity contribution in [2.45, 2.75) is 13.5 Å². The average Bonchev–Trinajstić information content (AvgIpc) is 2.47. The fraction of sp³-hybridized carbons (Fsp3) is 0.188. The lowest BCUT2D eigenvalue weighted by atomic mass is 10.1. The molecule has 5 heteroatoms. The largest absolute Gasteiger partial charge is 0.484 e. The molecule has 110 valence electrons. The summed E-state index contributed by atoms with van der Waals surface area (Å²) in [5.41, 5.74) is 7.46. The van der Waals surface area contributed by atoms with E-state index in [-0.39, 0.29) is 12.4 Å². The van der Waals surface area contributed by atoms with Gasteiger partial charge in [-0.15, -0.1) is 0 Å². The quantitative estimate of drug-likeness (QED) is 0.858. The molecule has 4 nitrogen and oxygen atoms in total. The number of aryl methyl sites for hydroxylation is 1. The molecule has 0 aliphatic carbocycles. The molecule has 2 rings (SSSR count). The molecule has 0 saturated heterocycles. The van der Waals surface area contributed by atoms with E-state index in [9.17, 15) is 9.18 Å². The molecule has 0 aliphatic rings. The summed E-state index contributed by atoms with van der Waals surface area (Å²) in [6.45, 7) is 2.17. The minimum Gasteiger partial charge on any atom is -0.484 e. The van der Waals surface area contributed by atoms with Gasteiger partial charge in [-0.25, -0.2) is 4.39 Å². The van der Waals surface area contributed by atoms with Gasteiger partial charge in [-0.1, -0.05) is 17.7 Å². The molecule has 0 bridgehead atoms. The van der Waals surface area contributed by atoms with Crippen molar-refractivity contribution in [1.82, 2.24) is 0 Å². The van der Waals surface area contributed by atoms with Crippen molar-refractivity contribution < 1.29 is 13.9 Å². The number of nitrogens with one attached hydrogen (secondary N) is 1. The summed E-state index contributed by atoms with van der Waals surface area (Å²) in [5.74, 6) is -0.192. The van der Waals surface area contributed by atoms with Crippen LogP contribution in [0.4, 0.5) is 10.1 Å². The Kier molecular flexibility index (Phi) is 4.77. The molecule has 0 atom stereocenters. The van der Waals surface area contributed by atoms with Gasteiger partial charge in [-0.3, -0.25) is 4.79 Å². The van der Waals surface area contributed by atoms with E-state index in [4.69, 9.17) is 10.5 Å². The van der Waals surface area contributed by atoms with Crippen molar-refractivity contribution in [3.8, 4) is 5.75 Å². The number of amides is 1. The summed E-state index contributed by atoms with van der Waals surface area (Å²) in [6.07, 6.45) is 0. The first-order valence-electron chi connectivity index (χ1n) is 6.54. The summed E-state index contributed by atoms with van der Waals surface area (Å²) < 4.78 is 18.8. The Labute approximate surface area is 122 Å². The van der Waals surface area contributed by atoms with Gasteiger partial charge in [0.25, 0.3) is 5.91 Å². The highest BCUT2D eigenvalue weighted by Crippen LogP contribution is 2.17. The summed E-state index contributed by atoms with van der Waals surface area (Å²) in [5, 5.41) is 3.13. The normalized spacial score (nSPS) is 10.2. The van der Waals surface area contributed by atoms with Crippen LogP contribution >= 0.6 is 0 Å². The van der Waals surface area contributed by atoms with E-state index in [0.717, 1.165) is 11.3 Å². The van der Waals surface area contributed by atoms with Crippen LogP contribution in [-0.2, 0) is 11.3 Å². The third-order valence-electron chi connectivity index (χ3n) is 2.92. The fourth-order valence-electron chi connectivity index (χ4n) is 1.86. The lowest BCUT2D eigenvalue weighted by molar-refractivity contribution is -0.119. The predicted octanol–water partition coefficient (Wildman–Crippen LogP) is 2.61. The van der Waals surface area contributed by atoms with Crippen LogP contribution in [-0.4, -0.2) is 12.5 Å². The third-order valence-corrected chi connectivity index (χ3v) is 2.92. The number of carbonyl (C=O) groups excluding carboxylic acids is 1. The minimum atomic E-state index is -0.521. The first-order chi connectivity index (χ1) is 10.0. The Balaban J connectivity index is 1.94. The third kappa shape index (κ3) is 4.49. The van der Waals surface area contributed by atoms with Gasteiger partial charge >= 0.3 is 0 Å². The number of nitrogens with two attached hydrogens (primary N) is 1. The molecule has 3 N–H and O–H groups in total. The number of halogens is 1. The Morgan fingerprint density at radius 2 is 1.95 bits per heavy atom. The van der Waals surface area contributed by atoms with Crippen LogP contribution in [0, 0.1) is 12.7 Å². The molecule has 2 aromatic carbocycles. The first-order valence-corrected chi connectivity index (χ1v) is 6.54. The van der Waals surface area contributed by atoms with Crippen LogP contribution in [0.1, 0.15) is 11.1 Å². The molecule has 0 spiro atoms. The molecular weight excluding hydrogens is 271 g/mol. The van der Waals surface area contributed by atoms with Gasteiger partial charge in [0, 0.05) is 17.8 Å². The second-order valence-corrected chi connectivity index (χ2v) is 4.73. The van der Waals surface area contributed by atoms with Gasteiger partial charge < -0.3 is 15.8 Å². The number of carbonyl (C=O) groups is 1. The number of rotatable bonds is 6.